The smallest absolute Gasteiger partial charge is 0.417 e. The molecule has 0 saturated heterocycles. The molecule has 19 heteroatoms. The molecule has 11 nitrogen and oxygen atoms in total. The van der Waals surface area contributed by atoms with Crippen molar-refractivity contribution in [3.63, 3.8) is 0 Å². The number of ether oxygens (including phenoxy) is 3. The Hall–Kier alpha value is -4.77. The number of carbonyl (C=O) groups excluding carboxylic acids is 1. The van der Waals surface area contributed by atoms with Crippen LogP contribution in [0.1, 0.15) is 37.3 Å². The molecule has 2 unspecified atom stereocenters. The maximum Gasteiger partial charge on any atom is 0.417 e. The molecule has 0 radical (unpaired) electrons. The number of nitrogens with zero attached hydrogens (tertiary/aromatic N) is 4. The molecule has 2 atom stereocenters. The molecule has 49 heavy (non-hydrogen) atoms. The molecular formula is C30H26Cl2F6N4O7. The highest BCUT2D eigenvalue weighted by Gasteiger charge is 2.31. The van der Waals surface area contributed by atoms with Gasteiger partial charge in [0.05, 0.1) is 12.2 Å². The van der Waals surface area contributed by atoms with Gasteiger partial charge in [0.15, 0.2) is 11.9 Å². The molecule has 0 spiro atoms. The SMILES string of the molecule is CC(Oc1ccc(Oc2ccc(C(F)(F)F)cn2)cc1)C(=O)O.CCOC(=O)C(Cl)Cc1cc(-n2nc(C)n(C(F)F)c2=O)c(F)cc1Cl. The number of carboxylic acid groups (broad SMARTS) is 1. The number of hydrogen-bond acceptors (Lipinski definition) is 8. The lowest BCUT2D eigenvalue weighted by atomic mass is 10.1. The fourth-order valence-electron chi connectivity index (χ4n) is 3.84. The van der Waals surface area contributed by atoms with Crippen LogP contribution >= 0.6 is 23.2 Å². The fraction of sp³-hybridized carbons (Fsp3) is 0.300. The van der Waals surface area contributed by atoms with Gasteiger partial charge in [-0.2, -0.15) is 26.6 Å². The van der Waals surface area contributed by atoms with Gasteiger partial charge in [0.25, 0.3) is 0 Å². The van der Waals surface area contributed by atoms with Crippen LogP contribution in [0, 0.1) is 12.7 Å². The van der Waals surface area contributed by atoms with Gasteiger partial charge in [-0.25, -0.2) is 23.5 Å². The van der Waals surface area contributed by atoms with Crippen LogP contribution in [-0.4, -0.2) is 54.5 Å². The summed E-state index contributed by atoms with van der Waals surface area (Å²) in [5, 5.41) is 11.3. The molecule has 0 amide bonds. The highest BCUT2D eigenvalue weighted by Crippen LogP contribution is 2.30. The van der Waals surface area contributed by atoms with E-state index in [2.05, 4.69) is 10.1 Å². The van der Waals surface area contributed by atoms with Crippen molar-refractivity contribution in [2.24, 2.45) is 0 Å². The number of carbonyl (C=O) groups is 2. The number of aryl methyl sites for hydroxylation is 1. The number of carboxylic acids is 1. The maximum absolute atomic E-state index is 14.2. The van der Waals surface area contributed by atoms with E-state index in [1.165, 1.54) is 38.1 Å². The van der Waals surface area contributed by atoms with Crippen molar-refractivity contribution >= 4 is 35.1 Å². The van der Waals surface area contributed by atoms with E-state index in [9.17, 15) is 40.7 Å². The van der Waals surface area contributed by atoms with Crippen LogP contribution in [0.25, 0.3) is 5.69 Å². The molecule has 0 aliphatic rings. The van der Waals surface area contributed by atoms with Crippen LogP contribution in [0.3, 0.4) is 0 Å². The third-order valence-electron chi connectivity index (χ3n) is 6.23. The Kier molecular flexibility index (Phi) is 13.1. The van der Waals surface area contributed by atoms with E-state index in [1.807, 2.05) is 0 Å². The molecule has 0 saturated carbocycles. The van der Waals surface area contributed by atoms with E-state index in [0.29, 0.717) is 22.4 Å². The first kappa shape index (κ1) is 38.7. The average Bonchev–Trinajstić information content (AvgIpc) is 3.32. The minimum atomic E-state index is -4.45. The van der Waals surface area contributed by atoms with Crippen LogP contribution < -0.4 is 15.2 Å². The van der Waals surface area contributed by atoms with Crippen molar-refractivity contribution in [3.05, 3.63) is 93.0 Å². The normalized spacial score (nSPS) is 12.5. The number of hydrogen-bond donors (Lipinski definition) is 1. The summed E-state index contributed by atoms with van der Waals surface area (Å²) in [4.78, 5) is 38.0. The maximum atomic E-state index is 14.2. The first-order valence-corrected chi connectivity index (χ1v) is 14.7. The molecule has 1 N–H and O–H groups in total. The van der Waals surface area contributed by atoms with Crippen molar-refractivity contribution in [3.8, 4) is 23.1 Å². The average molecular weight is 739 g/mol. The minimum Gasteiger partial charge on any atom is -0.479 e. The zero-order chi connectivity index (χ0) is 36.6. The number of alkyl halides is 6. The van der Waals surface area contributed by atoms with Gasteiger partial charge < -0.3 is 19.3 Å². The quantitative estimate of drug-likeness (QED) is 0.0982. The lowest BCUT2D eigenvalue weighted by Crippen LogP contribution is -2.25. The highest BCUT2D eigenvalue weighted by molar-refractivity contribution is 6.32. The Bertz CT molecular complexity index is 1820. The second kappa shape index (κ2) is 16.6. The highest BCUT2D eigenvalue weighted by atomic mass is 35.5. The van der Waals surface area contributed by atoms with Crippen molar-refractivity contribution in [1.82, 2.24) is 19.3 Å². The first-order chi connectivity index (χ1) is 22.9. The summed E-state index contributed by atoms with van der Waals surface area (Å²) < 4.78 is 93.2. The number of pyridine rings is 1. The minimum absolute atomic E-state index is 0.00516. The summed E-state index contributed by atoms with van der Waals surface area (Å²) in [5.41, 5.74) is -2.23. The van der Waals surface area contributed by atoms with E-state index in [4.69, 9.17) is 42.5 Å². The van der Waals surface area contributed by atoms with Crippen LogP contribution in [0.4, 0.5) is 26.3 Å². The number of benzene rings is 2. The number of esters is 1. The predicted octanol–water partition coefficient (Wildman–Crippen LogP) is 6.99. The molecule has 2 heterocycles. The van der Waals surface area contributed by atoms with Gasteiger partial charge in [-0.3, -0.25) is 4.79 Å². The second-order valence-corrected chi connectivity index (χ2v) is 10.7. The summed E-state index contributed by atoms with van der Waals surface area (Å²) in [6, 6.07) is 9.96. The summed E-state index contributed by atoms with van der Waals surface area (Å²) in [6.07, 6.45) is -4.89. The molecule has 0 bridgehead atoms. The van der Waals surface area contributed by atoms with Gasteiger partial charge in [0, 0.05) is 23.7 Å². The standard InChI is InChI=1S/C15H14Cl2F3N3O3.C15H12F3NO4/c1-3-26-13(24)10(17)4-8-5-12(11(18)6-9(8)16)23-15(25)22(14(19)20)7(2)21-23;1-9(14(20)21)22-11-3-5-12(6-4-11)23-13-7-2-10(8-19-13)15(16,17)18/h5-6,10,14H,3-4H2,1-2H3;2-9H,1H3,(H,20,21). The zero-order valence-corrected chi connectivity index (χ0v) is 27.1. The number of rotatable bonds is 11. The molecule has 2 aromatic heterocycles. The van der Waals surface area contributed by atoms with Crippen LogP contribution in [-0.2, 0) is 26.9 Å². The third-order valence-corrected chi connectivity index (χ3v) is 6.92. The fourth-order valence-corrected chi connectivity index (χ4v) is 4.29. The van der Waals surface area contributed by atoms with E-state index in [-0.39, 0.29) is 45.6 Å². The van der Waals surface area contributed by atoms with E-state index < -0.39 is 53.2 Å². The van der Waals surface area contributed by atoms with E-state index in [0.717, 1.165) is 24.3 Å². The number of aromatic nitrogens is 4. The van der Waals surface area contributed by atoms with E-state index in [1.54, 1.807) is 6.92 Å². The topological polar surface area (TPSA) is 135 Å². The lowest BCUT2D eigenvalue weighted by molar-refractivity contribution is -0.144. The Morgan fingerprint density at radius 1 is 1.06 bits per heavy atom. The van der Waals surface area contributed by atoms with Gasteiger partial charge in [-0.05, 0) is 68.8 Å². The zero-order valence-electron chi connectivity index (χ0n) is 25.6. The molecule has 0 aliphatic carbocycles. The van der Waals surface area contributed by atoms with Gasteiger partial charge in [-0.15, -0.1) is 16.7 Å². The molecule has 2 aromatic carbocycles. The van der Waals surface area contributed by atoms with Crippen LogP contribution in [0.15, 0.2) is 59.5 Å². The van der Waals surface area contributed by atoms with E-state index >= 15 is 0 Å². The Labute approximate surface area is 283 Å². The second-order valence-electron chi connectivity index (χ2n) is 9.76. The van der Waals surface area contributed by atoms with Crippen molar-refractivity contribution in [2.45, 2.75) is 51.4 Å². The first-order valence-electron chi connectivity index (χ1n) is 13.9. The third kappa shape index (κ3) is 10.4. The van der Waals surface area contributed by atoms with Crippen molar-refractivity contribution < 1.29 is 55.2 Å². The Morgan fingerprint density at radius 3 is 2.20 bits per heavy atom. The van der Waals surface area contributed by atoms with Crippen LogP contribution in [0.2, 0.25) is 5.02 Å². The lowest BCUT2D eigenvalue weighted by Gasteiger charge is -2.12. The van der Waals surface area contributed by atoms with Crippen molar-refractivity contribution in [2.75, 3.05) is 6.61 Å². The molecule has 4 rings (SSSR count). The summed E-state index contributed by atoms with van der Waals surface area (Å²) in [7, 11) is 0. The van der Waals surface area contributed by atoms with Gasteiger partial charge >= 0.3 is 30.4 Å². The summed E-state index contributed by atoms with van der Waals surface area (Å²) in [5.74, 6) is -2.36. The Morgan fingerprint density at radius 2 is 1.69 bits per heavy atom. The van der Waals surface area contributed by atoms with Gasteiger partial charge in [0.1, 0.15) is 28.4 Å². The van der Waals surface area contributed by atoms with Crippen molar-refractivity contribution in [1.29, 1.82) is 0 Å². The Balaban J connectivity index is 0.000000267. The summed E-state index contributed by atoms with van der Waals surface area (Å²) in [6.45, 7) is 1.19. The van der Waals surface area contributed by atoms with Gasteiger partial charge in [0.2, 0.25) is 5.88 Å². The molecule has 264 valence electrons. The number of aliphatic carboxylic acids is 1. The van der Waals surface area contributed by atoms with Crippen LogP contribution in [0.5, 0.6) is 17.4 Å². The summed E-state index contributed by atoms with van der Waals surface area (Å²) >= 11 is 11.9. The largest absolute Gasteiger partial charge is 0.479 e. The number of halogens is 8. The molecule has 0 fully saturated rings. The van der Waals surface area contributed by atoms with Gasteiger partial charge in [-0.1, -0.05) is 11.6 Å². The molecular weight excluding hydrogens is 713 g/mol. The molecule has 0 aliphatic heterocycles. The monoisotopic (exact) mass is 738 g/mol. The molecule has 4 aromatic rings. The predicted molar refractivity (Wildman–Crippen MR) is 162 cm³/mol.